The van der Waals surface area contributed by atoms with Crippen LogP contribution in [0.5, 0.6) is 0 Å². The zero-order chi connectivity index (χ0) is 16.2. The zero-order valence-corrected chi connectivity index (χ0v) is 12.9. The van der Waals surface area contributed by atoms with Gasteiger partial charge < -0.3 is 14.5 Å². The van der Waals surface area contributed by atoms with Gasteiger partial charge in [-0.25, -0.2) is 0 Å². The zero-order valence-electron chi connectivity index (χ0n) is 12.9. The lowest BCUT2D eigenvalue weighted by molar-refractivity contribution is -0.129. The number of hydrogen-bond acceptors (Lipinski definition) is 7. The maximum Gasteiger partial charge on any atom is 0.241 e. The second kappa shape index (κ2) is 6.84. The standard InChI is InChI=1S/C15H19N5O3/c1-11(21)20-7-6-19(8-13(22)9-20)10-14-17-15(18-23-14)12-2-4-16-5-3-12/h2-5,13,22H,6-10H2,1H3. The van der Waals surface area contributed by atoms with Crippen molar-refractivity contribution in [2.75, 3.05) is 26.2 Å². The summed E-state index contributed by atoms with van der Waals surface area (Å²) in [5.41, 5.74) is 0.841. The van der Waals surface area contributed by atoms with Gasteiger partial charge in [0.1, 0.15) is 0 Å². The summed E-state index contributed by atoms with van der Waals surface area (Å²) in [5.74, 6) is 0.979. The summed E-state index contributed by atoms with van der Waals surface area (Å²) in [6, 6.07) is 3.63. The van der Waals surface area contributed by atoms with E-state index >= 15 is 0 Å². The third-order valence-corrected chi connectivity index (χ3v) is 3.80. The van der Waals surface area contributed by atoms with Gasteiger partial charge in [-0.15, -0.1) is 0 Å². The van der Waals surface area contributed by atoms with Gasteiger partial charge in [0.15, 0.2) is 0 Å². The Morgan fingerprint density at radius 2 is 2.13 bits per heavy atom. The number of aromatic nitrogens is 3. The largest absolute Gasteiger partial charge is 0.390 e. The van der Waals surface area contributed by atoms with E-state index in [-0.39, 0.29) is 5.91 Å². The molecule has 1 aliphatic rings. The molecule has 3 rings (SSSR count). The molecule has 1 aliphatic heterocycles. The Hall–Kier alpha value is -2.32. The molecule has 3 heterocycles. The molecule has 0 aromatic carbocycles. The number of rotatable bonds is 3. The fraction of sp³-hybridized carbons (Fsp3) is 0.467. The smallest absolute Gasteiger partial charge is 0.241 e. The number of nitrogens with zero attached hydrogens (tertiary/aromatic N) is 5. The first-order valence-corrected chi connectivity index (χ1v) is 7.51. The van der Waals surface area contributed by atoms with Crippen molar-refractivity contribution in [1.82, 2.24) is 24.9 Å². The third kappa shape index (κ3) is 3.91. The number of hydrogen-bond donors (Lipinski definition) is 1. The summed E-state index contributed by atoms with van der Waals surface area (Å²) in [6.07, 6.45) is 2.77. The average molecular weight is 317 g/mol. The first-order valence-electron chi connectivity index (χ1n) is 7.51. The minimum absolute atomic E-state index is 0.0244. The number of β-amino-alcohol motifs (C(OH)–C–C–N with tert-alkyl or cyclic N) is 1. The highest BCUT2D eigenvalue weighted by Gasteiger charge is 2.24. The van der Waals surface area contributed by atoms with Gasteiger partial charge in [0.25, 0.3) is 0 Å². The molecule has 8 heteroatoms. The molecule has 122 valence electrons. The van der Waals surface area contributed by atoms with Gasteiger partial charge >= 0.3 is 0 Å². The van der Waals surface area contributed by atoms with Crippen LogP contribution in [-0.4, -0.2) is 68.2 Å². The summed E-state index contributed by atoms with van der Waals surface area (Å²) in [5, 5.41) is 14.0. The Morgan fingerprint density at radius 1 is 1.35 bits per heavy atom. The molecule has 1 fully saturated rings. The second-order valence-corrected chi connectivity index (χ2v) is 5.60. The molecule has 1 N–H and O–H groups in total. The molecule has 0 spiro atoms. The number of aliphatic hydroxyl groups excluding tert-OH is 1. The van der Waals surface area contributed by atoms with Crippen LogP contribution >= 0.6 is 0 Å². The molecule has 2 aromatic heterocycles. The van der Waals surface area contributed by atoms with E-state index in [0.29, 0.717) is 44.4 Å². The monoisotopic (exact) mass is 317 g/mol. The topological polar surface area (TPSA) is 95.6 Å². The van der Waals surface area contributed by atoms with Crippen molar-refractivity contribution < 1.29 is 14.4 Å². The molecule has 1 atom stereocenters. The maximum atomic E-state index is 11.5. The lowest BCUT2D eigenvalue weighted by Crippen LogP contribution is -2.36. The first kappa shape index (κ1) is 15.6. The van der Waals surface area contributed by atoms with Gasteiger partial charge in [-0.05, 0) is 12.1 Å². The summed E-state index contributed by atoms with van der Waals surface area (Å²) < 4.78 is 5.29. The molecule has 0 saturated carbocycles. The molecular formula is C15H19N5O3. The number of carbonyl (C=O) groups is 1. The lowest BCUT2D eigenvalue weighted by Gasteiger charge is -2.19. The quantitative estimate of drug-likeness (QED) is 0.861. The molecule has 23 heavy (non-hydrogen) atoms. The summed E-state index contributed by atoms with van der Waals surface area (Å²) in [4.78, 5) is 23.5. The van der Waals surface area contributed by atoms with Crippen molar-refractivity contribution in [3.63, 3.8) is 0 Å². The van der Waals surface area contributed by atoms with Crippen LogP contribution in [0, 0.1) is 0 Å². The predicted octanol–water partition coefficient (Wildman–Crippen LogP) is 0.157. The van der Waals surface area contributed by atoms with Crippen molar-refractivity contribution in [2.45, 2.75) is 19.6 Å². The van der Waals surface area contributed by atoms with Crippen molar-refractivity contribution in [1.29, 1.82) is 0 Å². The van der Waals surface area contributed by atoms with Gasteiger partial charge in [-0.2, -0.15) is 4.98 Å². The van der Waals surface area contributed by atoms with Crippen LogP contribution < -0.4 is 0 Å². The van der Waals surface area contributed by atoms with Crippen LogP contribution in [0.25, 0.3) is 11.4 Å². The van der Waals surface area contributed by atoms with E-state index in [1.165, 1.54) is 6.92 Å². The van der Waals surface area contributed by atoms with Crippen LogP contribution in [0.1, 0.15) is 12.8 Å². The minimum Gasteiger partial charge on any atom is -0.390 e. The Bertz CT molecular complexity index is 660. The minimum atomic E-state index is -0.580. The van der Waals surface area contributed by atoms with Crippen LogP contribution in [0.3, 0.4) is 0 Å². The Balaban J connectivity index is 1.65. The van der Waals surface area contributed by atoms with E-state index in [4.69, 9.17) is 4.52 Å². The van der Waals surface area contributed by atoms with Gasteiger partial charge in [0, 0.05) is 51.1 Å². The van der Waals surface area contributed by atoms with E-state index in [1.54, 1.807) is 17.3 Å². The van der Waals surface area contributed by atoms with Gasteiger partial charge in [-0.3, -0.25) is 14.7 Å². The van der Waals surface area contributed by atoms with Crippen LogP contribution in [0.15, 0.2) is 29.0 Å². The molecule has 1 saturated heterocycles. The van der Waals surface area contributed by atoms with Gasteiger partial charge in [0.2, 0.25) is 17.6 Å². The lowest BCUT2D eigenvalue weighted by atomic mass is 10.2. The maximum absolute atomic E-state index is 11.5. The van der Waals surface area contributed by atoms with E-state index < -0.39 is 6.10 Å². The van der Waals surface area contributed by atoms with Crippen molar-refractivity contribution in [3.05, 3.63) is 30.4 Å². The van der Waals surface area contributed by atoms with Gasteiger partial charge in [-0.1, -0.05) is 5.16 Å². The fourth-order valence-electron chi connectivity index (χ4n) is 2.61. The highest BCUT2D eigenvalue weighted by molar-refractivity contribution is 5.73. The molecular weight excluding hydrogens is 298 g/mol. The van der Waals surface area contributed by atoms with Crippen molar-refractivity contribution in [2.24, 2.45) is 0 Å². The molecule has 0 radical (unpaired) electrons. The average Bonchev–Trinajstić information content (AvgIpc) is 2.91. The van der Waals surface area contributed by atoms with Crippen LogP contribution in [0.4, 0.5) is 0 Å². The van der Waals surface area contributed by atoms with Crippen molar-refractivity contribution in [3.8, 4) is 11.4 Å². The molecule has 1 unspecified atom stereocenters. The van der Waals surface area contributed by atoms with Crippen LogP contribution in [0.2, 0.25) is 0 Å². The number of carbonyl (C=O) groups excluding carboxylic acids is 1. The number of aliphatic hydroxyl groups is 1. The van der Waals surface area contributed by atoms with E-state index in [9.17, 15) is 9.90 Å². The Morgan fingerprint density at radius 3 is 2.87 bits per heavy atom. The highest BCUT2D eigenvalue weighted by Crippen LogP contribution is 2.15. The Labute approximate surface area is 133 Å². The van der Waals surface area contributed by atoms with E-state index in [2.05, 4.69) is 15.1 Å². The second-order valence-electron chi connectivity index (χ2n) is 5.60. The van der Waals surface area contributed by atoms with Crippen molar-refractivity contribution >= 4 is 5.91 Å². The molecule has 8 nitrogen and oxygen atoms in total. The molecule has 0 aliphatic carbocycles. The summed E-state index contributed by atoms with van der Waals surface area (Å²) >= 11 is 0. The Kier molecular flexibility index (Phi) is 4.63. The number of amides is 1. The highest BCUT2D eigenvalue weighted by atomic mass is 16.5. The first-order chi connectivity index (χ1) is 11.1. The van der Waals surface area contributed by atoms with Gasteiger partial charge in [0.05, 0.1) is 12.6 Å². The number of pyridine rings is 1. The van der Waals surface area contributed by atoms with E-state index in [0.717, 1.165) is 5.56 Å². The molecule has 0 bridgehead atoms. The molecule has 2 aromatic rings. The summed E-state index contributed by atoms with van der Waals surface area (Å²) in [6.45, 7) is 4.03. The normalized spacial score (nSPS) is 19.6. The predicted molar refractivity (Wildman–Crippen MR) is 81.1 cm³/mol. The summed E-state index contributed by atoms with van der Waals surface area (Å²) in [7, 11) is 0. The molecule has 1 amide bonds. The SMILES string of the molecule is CC(=O)N1CCN(Cc2nc(-c3ccncc3)no2)CC(O)C1. The third-order valence-electron chi connectivity index (χ3n) is 3.80. The van der Waals surface area contributed by atoms with E-state index in [1.807, 2.05) is 17.0 Å². The van der Waals surface area contributed by atoms with Crippen LogP contribution in [-0.2, 0) is 11.3 Å². The fourth-order valence-corrected chi connectivity index (χ4v) is 2.61.